The Labute approximate surface area is 128 Å². The number of H-pyrrole nitrogens is 1. The molecule has 6 heteroatoms. The van der Waals surface area contributed by atoms with Crippen LogP contribution in [0.5, 0.6) is 0 Å². The number of hydrogen-bond donors (Lipinski definition) is 4. The molecule has 1 aliphatic heterocycles. The van der Waals surface area contributed by atoms with Crippen LogP contribution in [-0.2, 0) is 6.54 Å². The topological polar surface area (TPSA) is 69.0 Å². The Morgan fingerprint density at radius 1 is 1.38 bits per heavy atom. The van der Waals surface area contributed by atoms with Crippen molar-refractivity contribution in [1.29, 1.82) is 0 Å². The van der Waals surface area contributed by atoms with Crippen LogP contribution in [0, 0.1) is 0 Å². The molecule has 112 valence electrons. The minimum absolute atomic E-state index is 0.125. The summed E-state index contributed by atoms with van der Waals surface area (Å²) in [5.74, 6) is 0. The monoisotopic (exact) mass is 306 g/mol. The molecule has 1 aliphatic rings. The quantitative estimate of drug-likeness (QED) is 0.703. The zero-order valence-electron chi connectivity index (χ0n) is 11.7. The molecule has 0 bridgehead atoms. The number of benzene rings is 1. The van der Waals surface area contributed by atoms with Crippen molar-refractivity contribution in [3.8, 4) is 0 Å². The summed E-state index contributed by atoms with van der Waals surface area (Å²) in [6.45, 7) is 2.36. The van der Waals surface area contributed by atoms with Gasteiger partial charge in [0.2, 0.25) is 0 Å². The van der Waals surface area contributed by atoms with Crippen LogP contribution in [-0.4, -0.2) is 30.1 Å². The molecule has 1 aromatic carbocycles. The van der Waals surface area contributed by atoms with Gasteiger partial charge in [-0.1, -0.05) is 11.6 Å². The Bertz CT molecular complexity index is 634. The largest absolute Gasteiger partial charge is 0.357 e. The lowest BCUT2D eigenvalue weighted by atomic mass is 10.1. The van der Waals surface area contributed by atoms with E-state index in [-0.39, 0.29) is 12.1 Å². The van der Waals surface area contributed by atoms with Crippen LogP contribution in [0.3, 0.4) is 0 Å². The van der Waals surface area contributed by atoms with E-state index in [1.165, 1.54) is 0 Å². The second kappa shape index (κ2) is 6.37. The van der Waals surface area contributed by atoms with Crippen molar-refractivity contribution < 1.29 is 4.79 Å². The van der Waals surface area contributed by atoms with Gasteiger partial charge in [0.15, 0.2) is 0 Å². The second-order valence-corrected chi connectivity index (χ2v) is 5.83. The van der Waals surface area contributed by atoms with Crippen LogP contribution >= 0.6 is 11.6 Å². The Balaban J connectivity index is 1.54. The lowest BCUT2D eigenvalue weighted by Gasteiger charge is -2.23. The van der Waals surface area contributed by atoms with Crippen LogP contribution in [0.15, 0.2) is 24.3 Å². The summed E-state index contributed by atoms with van der Waals surface area (Å²) in [4.78, 5) is 15.1. The minimum atomic E-state index is -0.125. The highest BCUT2D eigenvalue weighted by atomic mass is 35.5. The van der Waals surface area contributed by atoms with Gasteiger partial charge in [0.25, 0.3) is 0 Å². The molecule has 2 heterocycles. The first-order valence-electron chi connectivity index (χ1n) is 7.23. The van der Waals surface area contributed by atoms with E-state index in [0.29, 0.717) is 11.6 Å². The maximum Gasteiger partial charge on any atom is 0.315 e. The summed E-state index contributed by atoms with van der Waals surface area (Å²) in [6.07, 6.45) is 2.14. The third-order valence-electron chi connectivity index (χ3n) is 3.71. The van der Waals surface area contributed by atoms with E-state index in [1.54, 1.807) is 0 Å². The fourth-order valence-electron chi connectivity index (χ4n) is 2.65. The number of urea groups is 1. The summed E-state index contributed by atoms with van der Waals surface area (Å²) < 4.78 is 0. The van der Waals surface area contributed by atoms with Gasteiger partial charge in [0, 0.05) is 34.2 Å². The molecule has 5 nitrogen and oxygen atoms in total. The molecular formula is C15H19ClN4O. The lowest BCUT2D eigenvalue weighted by Crippen LogP contribution is -2.48. The van der Waals surface area contributed by atoms with Crippen LogP contribution in [0.4, 0.5) is 4.79 Å². The summed E-state index contributed by atoms with van der Waals surface area (Å²) >= 11 is 5.96. The highest BCUT2D eigenvalue weighted by molar-refractivity contribution is 6.31. The maximum absolute atomic E-state index is 11.9. The summed E-state index contributed by atoms with van der Waals surface area (Å²) in [5, 5.41) is 10.9. The summed E-state index contributed by atoms with van der Waals surface area (Å²) in [7, 11) is 0. The normalized spacial score (nSPS) is 18.6. The number of fused-ring (bicyclic) bond motifs is 1. The van der Waals surface area contributed by atoms with Crippen LogP contribution < -0.4 is 16.0 Å². The van der Waals surface area contributed by atoms with Crippen molar-refractivity contribution in [3.05, 3.63) is 35.0 Å². The molecule has 0 saturated carbocycles. The highest BCUT2D eigenvalue weighted by Crippen LogP contribution is 2.19. The van der Waals surface area contributed by atoms with Gasteiger partial charge in [-0.3, -0.25) is 0 Å². The van der Waals surface area contributed by atoms with E-state index < -0.39 is 0 Å². The minimum Gasteiger partial charge on any atom is -0.357 e. The van der Waals surface area contributed by atoms with Gasteiger partial charge in [-0.2, -0.15) is 0 Å². The number of nitrogens with one attached hydrogen (secondary N) is 4. The van der Waals surface area contributed by atoms with E-state index >= 15 is 0 Å². The number of carbonyl (C=O) groups is 1. The predicted molar refractivity (Wildman–Crippen MR) is 84.6 cm³/mol. The molecule has 21 heavy (non-hydrogen) atoms. The molecule has 4 N–H and O–H groups in total. The van der Waals surface area contributed by atoms with Crippen molar-refractivity contribution in [2.45, 2.75) is 25.4 Å². The van der Waals surface area contributed by atoms with Crippen molar-refractivity contribution in [2.24, 2.45) is 0 Å². The first-order chi connectivity index (χ1) is 10.2. The average Bonchev–Trinajstić information content (AvgIpc) is 2.88. The number of amides is 2. The van der Waals surface area contributed by atoms with Crippen molar-refractivity contribution >= 4 is 28.5 Å². The number of aromatic nitrogens is 1. The molecule has 1 fully saturated rings. The van der Waals surface area contributed by atoms with Gasteiger partial charge in [0.1, 0.15) is 0 Å². The Morgan fingerprint density at radius 3 is 3.10 bits per heavy atom. The van der Waals surface area contributed by atoms with Gasteiger partial charge in [-0.25, -0.2) is 4.79 Å². The maximum atomic E-state index is 11.9. The number of piperidine rings is 1. The van der Waals surface area contributed by atoms with Gasteiger partial charge in [-0.15, -0.1) is 0 Å². The average molecular weight is 307 g/mol. The standard InChI is InChI=1S/C15H19ClN4O/c16-11-3-4-14-10(6-11)7-13(19-14)9-18-15(21)20-12-2-1-5-17-8-12/h3-4,6-7,12,17,19H,1-2,5,8-9H2,(H2,18,20,21)/t12-/m1/s1. The Morgan fingerprint density at radius 2 is 2.29 bits per heavy atom. The van der Waals surface area contributed by atoms with Crippen LogP contribution in [0.1, 0.15) is 18.5 Å². The molecule has 1 aromatic heterocycles. The highest BCUT2D eigenvalue weighted by Gasteiger charge is 2.14. The van der Waals surface area contributed by atoms with E-state index in [2.05, 4.69) is 20.9 Å². The lowest BCUT2D eigenvalue weighted by molar-refractivity contribution is 0.233. The molecule has 2 aromatic rings. The van der Waals surface area contributed by atoms with Crippen LogP contribution in [0.2, 0.25) is 5.02 Å². The predicted octanol–water partition coefficient (Wildman–Crippen LogP) is 2.37. The van der Waals surface area contributed by atoms with Crippen molar-refractivity contribution in [3.63, 3.8) is 0 Å². The Hall–Kier alpha value is -1.72. The first kappa shape index (κ1) is 14.2. The molecule has 0 aliphatic carbocycles. The zero-order valence-corrected chi connectivity index (χ0v) is 12.5. The SMILES string of the molecule is O=C(NCc1cc2cc(Cl)ccc2[nH]1)N[C@@H]1CCCNC1. The molecule has 0 unspecified atom stereocenters. The fourth-order valence-corrected chi connectivity index (χ4v) is 2.83. The van der Waals surface area contributed by atoms with Gasteiger partial charge in [-0.05, 0) is 43.7 Å². The fraction of sp³-hybridized carbons (Fsp3) is 0.400. The number of aromatic amines is 1. The van der Waals surface area contributed by atoms with Crippen molar-refractivity contribution in [2.75, 3.05) is 13.1 Å². The third kappa shape index (κ3) is 3.68. The smallest absolute Gasteiger partial charge is 0.315 e. The third-order valence-corrected chi connectivity index (χ3v) is 3.95. The molecular weight excluding hydrogens is 288 g/mol. The number of hydrogen-bond acceptors (Lipinski definition) is 2. The first-order valence-corrected chi connectivity index (χ1v) is 7.61. The van der Waals surface area contributed by atoms with Crippen molar-refractivity contribution in [1.82, 2.24) is 20.9 Å². The molecule has 1 saturated heterocycles. The van der Waals surface area contributed by atoms with E-state index in [1.807, 2.05) is 24.3 Å². The van der Waals surface area contributed by atoms with E-state index in [0.717, 1.165) is 42.5 Å². The van der Waals surface area contributed by atoms with E-state index in [9.17, 15) is 4.79 Å². The molecule has 3 rings (SSSR count). The van der Waals surface area contributed by atoms with Gasteiger partial charge >= 0.3 is 6.03 Å². The number of rotatable bonds is 3. The zero-order chi connectivity index (χ0) is 14.7. The number of carbonyl (C=O) groups excluding carboxylic acids is 1. The molecule has 1 atom stereocenters. The number of halogens is 1. The molecule has 2 amide bonds. The second-order valence-electron chi connectivity index (χ2n) is 5.40. The van der Waals surface area contributed by atoms with E-state index in [4.69, 9.17) is 11.6 Å². The summed E-state index contributed by atoms with van der Waals surface area (Å²) in [5.41, 5.74) is 1.98. The van der Waals surface area contributed by atoms with Crippen LogP contribution in [0.25, 0.3) is 10.9 Å². The molecule has 0 radical (unpaired) electrons. The Kier molecular flexibility index (Phi) is 4.31. The van der Waals surface area contributed by atoms with Gasteiger partial charge in [0.05, 0.1) is 6.54 Å². The van der Waals surface area contributed by atoms with Gasteiger partial charge < -0.3 is 20.9 Å². The molecule has 0 spiro atoms. The summed E-state index contributed by atoms with van der Waals surface area (Å²) in [6, 6.07) is 7.80.